The fraction of sp³-hybridized carbons (Fsp3) is 0.333. The van der Waals surface area contributed by atoms with Crippen molar-refractivity contribution >= 4 is 28.5 Å². The van der Waals surface area contributed by atoms with E-state index in [0.29, 0.717) is 6.45 Å². The molecule has 1 unspecified atom stereocenters. The Morgan fingerprint density at radius 1 is 1.38 bits per heavy atom. The Balaban J connectivity index is 0.00000144. The van der Waals surface area contributed by atoms with Gasteiger partial charge in [0, 0.05) is 21.1 Å². The summed E-state index contributed by atoms with van der Waals surface area (Å²) in [6.07, 6.45) is 2.22. The van der Waals surface area contributed by atoms with Crippen LogP contribution in [-0.4, -0.2) is 6.61 Å². The van der Waals surface area contributed by atoms with Crippen molar-refractivity contribution in [1.82, 2.24) is 0 Å². The first kappa shape index (κ1) is 14.0. The molecule has 0 aliphatic rings. The van der Waals surface area contributed by atoms with Gasteiger partial charge < -0.3 is 4.52 Å². The van der Waals surface area contributed by atoms with Crippen molar-refractivity contribution in [3.8, 4) is 0 Å². The quantitative estimate of drug-likeness (QED) is 0.274. The van der Waals surface area contributed by atoms with E-state index < -0.39 is 0 Å². The van der Waals surface area contributed by atoms with Crippen LogP contribution >= 0.6 is 28.5 Å². The molecule has 0 N–H and O–H groups in total. The van der Waals surface area contributed by atoms with Crippen LogP contribution in [0.3, 0.4) is 0 Å². The van der Waals surface area contributed by atoms with Gasteiger partial charge in [-0.1, -0.05) is 0 Å². The van der Waals surface area contributed by atoms with Crippen LogP contribution in [0.1, 0.15) is 12.0 Å². The Kier molecular flexibility index (Phi) is 10.3. The van der Waals surface area contributed by atoms with Gasteiger partial charge in [-0.15, -0.1) is 0 Å². The van der Waals surface area contributed by atoms with Crippen LogP contribution in [0.5, 0.6) is 0 Å². The molecule has 0 spiro atoms. The maximum Gasteiger partial charge on any atom is 0.0793 e. The van der Waals surface area contributed by atoms with E-state index in [1.165, 1.54) is 5.56 Å². The first-order valence-electron chi connectivity index (χ1n) is 3.86. The summed E-state index contributed by atoms with van der Waals surface area (Å²) >= 11 is 2.24. The normalized spacial score (nSPS) is 10.2. The molecule has 1 aromatic carbocycles. The van der Waals surface area contributed by atoms with E-state index >= 15 is 0 Å². The second-order valence-corrected chi connectivity index (χ2v) is 4.20. The number of benzene rings is 1. The standard InChI is InChI=1S/C9H11IOP.W/c10-12-11-8-4-7-9-5-2-1-3-6-9;/h2-3,5-6,12H,4,7-8H2;/q-1;. The largest absolute Gasteiger partial charge is 0.352 e. The molecule has 0 aliphatic heterocycles. The number of hydrogen-bond acceptors (Lipinski definition) is 1. The van der Waals surface area contributed by atoms with Crippen molar-refractivity contribution in [1.29, 1.82) is 0 Å². The monoisotopic (exact) mass is 477 g/mol. The molecule has 72 valence electrons. The van der Waals surface area contributed by atoms with E-state index in [9.17, 15) is 0 Å². The van der Waals surface area contributed by atoms with Crippen LogP contribution in [0.15, 0.2) is 24.3 Å². The molecule has 0 amide bonds. The first-order valence-corrected chi connectivity index (χ1v) is 7.88. The molecule has 0 radical (unpaired) electrons. The molecule has 1 nitrogen and oxygen atoms in total. The summed E-state index contributed by atoms with van der Waals surface area (Å²) in [4.78, 5) is 0. The van der Waals surface area contributed by atoms with E-state index in [-0.39, 0.29) is 21.1 Å². The summed E-state index contributed by atoms with van der Waals surface area (Å²) in [7, 11) is 0. The number of hydrogen-bond donors (Lipinski definition) is 0. The van der Waals surface area contributed by atoms with Gasteiger partial charge in [0.1, 0.15) is 0 Å². The molecule has 0 aromatic heterocycles. The van der Waals surface area contributed by atoms with Crippen molar-refractivity contribution in [3.63, 3.8) is 0 Å². The van der Waals surface area contributed by atoms with Crippen molar-refractivity contribution < 1.29 is 25.6 Å². The molecule has 0 saturated heterocycles. The molecule has 1 aromatic rings. The fourth-order valence-electron chi connectivity index (χ4n) is 0.975. The maximum absolute atomic E-state index is 5.26. The van der Waals surface area contributed by atoms with Crippen molar-refractivity contribution in [2.75, 3.05) is 6.61 Å². The molecule has 1 atom stereocenters. The molecule has 1 rings (SSSR count). The van der Waals surface area contributed by atoms with Crippen LogP contribution in [0.4, 0.5) is 0 Å². The Bertz CT molecular complexity index is 208. The Labute approximate surface area is 109 Å². The average molecular weight is 477 g/mol. The minimum Gasteiger partial charge on any atom is -0.352 e. The summed E-state index contributed by atoms with van der Waals surface area (Å²) < 4.78 is 5.26. The first-order chi connectivity index (χ1) is 5.93. The van der Waals surface area contributed by atoms with Crippen LogP contribution in [-0.2, 0) is 32.0 Å². The van der Waals surface area contributed by atoms with Crippen LogP contribution in [0, 0.1) is 6.07 Å². The zero-order valence-corrected chi connectivity index (χ0v) is 13.2. The second-order valence-electron chi connectivity index (χ2n) is 2.44. The molecule has 4 heteroatoms. The third kappa shape index (κ3) is 7.02. The predicted octanol–water partition coefficient (Wildman–Crippen LogP) is 3.38. The van der Waals surface area contributed by atoms with Crippen LogP contribution in [0.25, 0.3) is 0 Å². The third-order valence-corrected chi connectivity index (χ3v) is 2.80. The van der Waals surface area contributed by atoms with Gasteiger partial charge in [-0.25, -0.2) is 0 Å². The Hall–Kier alpha value is 1.03. The maximum atomic E-state index is 5.26. The zero-order chi connectivity index (χ0) is 8.65. The van der Waals surface area contributed by atoms with E-state index in [1.54, 1.807) is 0 Å². The summed E-state index contributed by atoms with van der Waals surface area (Å²) in [5, 5.41) is 0. The summed E-state index contributed by atoms with van der Waals surface area (Å²) in [6, 6.07) is 11.1. The molecule has 0 fully saturated rings. The molecule has 0 saturated carbocycles. The van der Waals surface area contributed by atoms with E-state index in [0.717, 1.165) is 19.4 Å². The van der Waals surface area contributed by atoms with Gasteiger partial charge in [-0.2, -0.15) is 35.9 Å². The molecular formula is C9H11IOPW-. The number of aryl methyl sites for hydroxylation is 1. The minimum absolute atomic E-state index is 0. The number of rotatable bonds is 5. The van der Waals surface area contributed by atoms with Gasteiger partial charge in [-0.3, -0.25) is 0 Å². The second kappa shape index (κ2) is 9.58. The van der Waals surface area contributed by atoms with E-state index in [2.05, 4.69) is 40.2 Å². The average Bonchev–Trinajstić information content (AvgIpc) is 2.14. The molecule has 0 aliphatic carbocycles. The molecule has 0 bridgehead atoms. The zero-order valence-electron chi connectivity index (χ0n) is 7.13. The fourth-order valence-corrected chi connectivity index (χ4v) is 1.86. The Morgan fingerprint density at radius 2 is 2.08 bits per heavy atom. The minimum atomic E-state index is 0. The van der Waals surface area contributed by atoms with E-state index in [1.807, 2.05) is 12.1 Å². The molecular weight excluding hydrogens is 466 g/mol. The summed E-state index contributed by atoms with van der Waals surface area (Å²) in [6.45, 7) is 1.46. The van der Waals surface area contributed by atoms with Crippen molar-refractivity contribution in [3.05, 3.63) is 35.9 Å². The van der Waals surface area contributed by atoms with Gasteiger partial charge in [0.25, 0.3) is 0 Å². The van der Waals surface area contributed by atoms with Gasteiger partial charge in [0.15, 0.2) is 0 Å². The summed E-state index contributed by atoms with van der Waals surface area (Å²) in [5.74, 6) is 0. The predicted molar refractivity (Wildman–Crippen MR) is 61.9 cm³/mol. The van der Waals surface area contributed by atoms with Crippen LogP contribution < -0.4 is 0 Å². The van der Waals surface area contributed by atoms with Gasteiger partial charge in [-0.05, 0) is 34.9 Å². The topological polar surface area (TPSA) is 9.23 Å². The smallest absolute Gasteiger partial charge is 0.0793 e. The SMILES string of the molecule is IPOCCCc1cc[c-]cc1.[W]. The van der Waals surface area contributed by atoms with E-state index in [4.69, 9.17) is 4.52 Å². The number of halogens is 1. The Morgan fingerprint density at radius 3 is 2.69 bits per heavy atom. The van der Waals surface area contributed by atoms with Gasteiger partial charge >= 0.3 is 0 Å². The summed E-state index contributed by atoms with van der Waals surface area (Å²) in [5.41, 5.74) is 1.37. The van der Waals surface area contributed by atoms with Gasteiger partial charge in [0.2, 0.25) is 0 Å². The van der Waals surface area contributed by atoms with Crippen LogP contribution in [0.2, 0.25) is 0 Å². The molecule has 13 heavy (non-hydrogen) atoms. The third-order valence-electron chi connectivity index (χ3n) is 1.55. The van der Waals surface area contributed by atoms with Crippen molar-refractivity contribution in [2.24, 2.45) is 0 Å². The molecule has 0 heterocycles. The van der Waals surface area contributed by atoms with Gasteiger partial charge in [0.05, 0.1) is 13.1 Å². The van der Waals surface area contributed by atoms with Crippen molar-refractivity contribution in [2.45, 2.75) is 12.8 Å².